The van der Waals surface area contributed by atoms with Gasteiger partial charge in [-0.15, -0.1) is 0 Å². The maximum absolute atomic E-state index is 11.1. The van der Waals surface area contributed by atoms with Gasteiger partial charge in [-0.2, -0.15) is 0 Å². The smallest absolute Gasteiger partial charge is 1.00 e. The van der Waals surface area contributed by atoms with Gasteiger partial charge >= 0.3 is 53.4 Å². The van der Waals surface area contributed by atoms with Gasteiger partial charge in [-0.05, 0) is 0 Å². The molecule has 0 radical (unpaired) electrons. The van der Waals surface area contributed by atoms with E-state index in [0.29, 0.717) is 0 Å². The van der Waals surface area contributed by atoms with E-state index in [2.05, 4.69) is 4.74 Å². The molecule has 0 aromatic carbocycles. The Bertz CT molecular complexity index is 292. The maximum atomic E-state index is 11.1. The van der Waals surface area contributed by atoms with Crippen LogP contribution in [0.25, 0.3) is 0 Å². The monoisotopic (exact) mass is 296 g/mol. The van der Waals surface area contributed by atoms with E-state index in [-0.39, 0.29) is 47.4 Å². The minimum atomic E-state index is -1.34. The van der Waals surface area contributed by atoms with Crippen molar-refractivity contribution in [3.63, 3.8) is 0 Å². The summed E-state index contributed by atoms with van der Waals surface area (Å²) in [5.74, 6) is -6.04. The molecule has 0 saturated heterocycles. The van der Waals surface area contributed by atoms with Gasteiger partial charge in [-0.3, -0.25) is 19.2 Å². The molecule has 11 heteroatoms. The number of hydrogen-bond acceptors (Lipinski definition) is 5. The largest absolute Gasteiger partial charge is 1.00 e. The molecule has 0 aliphatic carbocycles. The predicted molar refractivity (Wildman–Crippen MR) is 56.7 cm³/mol. The molecule has 8 N–H and O–H groups in total. The van der Waals surface area contributed by atoms with Crippen LogP contribution in [0.2, 0.25) is 0 Å². The van der Waals surface area contributed by atoms with Crippen LogP contribution >= 0.6 is 0 Å². The molecule has 0 bridgehead atoms. The van der Waals surface area contributed by atoms with Gasteiger partial charge in [-0.1, -0.05) is 0 Å². The number of hydrogen-bond donors (Lipinski definition) is 2. The first-order valence-corrected chi connectivity index (χ1v) is 3.98. The molecular formula is C8H17NaO10. The molecular weight excluding hydrogens is 279 g/mol. The fraction of sp³-hybridized carbons (Fsp3) is 0.500. The van der Waals surface area contributed by atoms with Crippen LogP contribution in [-0.4, -0.2) is 50.5 Å². The molecule has 10 nitrogen and oxygen atoms in total. The number of carbonyl (C=O) groups excluding carboxylic acids is 2. The molecule has 19 heavy (non-hydrogen) atoms. The fourth-order valence-electron chi connectivity index (χ4n) is 0.885. The number of carboxylic acids is 2. The Balaban J connectivity index is -0.0000000980. The van der Waals surface area contributed by atoms with Crippen molar-refractivity contribution in [3.05, 3.63) is 0 Å². The first kappa shape index (κ1) is 30.8. The van der Waals surface area contributed by atoms with Gasteiger partial charge in [0.05, 0.1) is 18.8 Å². The van der Waals surface area contributed by atoms with Crippen molar-refractivity contribution in [3.8, 4) is 0 Å². The van der Waals surface area contributed by atoms with Crippen LogP contribution in [0.5, 0.6) is 0 Å². The summed E-state index contributed by atoms with van der Waals surface area (Å²) in [5, 5.41) is 16.8. The molecule has 0 aliphatic rings. The Morgan fingerprint density at radius 2 is 1.32 bits per heavy atom. The molecule has 0 spiro atoms. The zero-order valence-corrected chi connectivity index (χ0v) is 12.4. The second-order valence-corrected chi connectivity index (χ2v) is 2.81. The minimum Gasteiger partial charge on any atom is -1.00 e. The zero-order chi connectivity index (χ0) is 12.0. The molecule has 0 fully saturated rings. The van der Waals surface area contributed by atoms with E-state index in [9.17, 15) is 19.2 Å². The maximum Gasteiger partial charge on any atom is 1.00 e. The zero-order valence-electron chi connectivity index (χ0n) is 11.4. The van der Waals surface area contributed by atoms with E-state index in [1.807, 2.05) is 0 Å². The Kier molecular flexibility index (Phi) is 24.3. The van der Waals surface area contributed by atoms with Crippen LogP contribution < -0.4 is 29.6 Å². The van der Waals surface area contributed by atoms with Crippen molar-refractivity contribution in [1.82, 2.24) is 0 Å². The molecule has 0 unspecified atom stereocenters. The Labute approximate surface area is 131 Å². The number of ether oxygens (including phenoxy) is 1. The number of aliphatic carboxylic acids is 2. The summed E-state index contributed by atoms with van der Waals surface area (Å²) in [6.45, 7) is 0.969. The van der Waals surface area contributed by atoms with Crippen molar-refractivity contribution in [2.24, 2.45) is 5.92 Å². The van der Waals surface area contributed by atoms with E-state index in [4.69, 9.17) is 10.2 Å². The standard InChI is InChI=1S/C8H10O7.Na.3H2O.H/c1-4(9)15-8(14)5(2-6(10)11)3-7(12)13;;;;;/h5H,2-3H2,1H3,(H,10,11)(H,12,13);;3*1H2;/q;+1;;;;-1. The number of carbonyl (C=O) groups is 4. The van der Waals surface area contributed by atoms with E-state index >= 15 is 0 Å². The van der Waals surface area contributed by atoms with Crippen molar-refractivity contribution >= 4 is 23.9 Å². The summed E-state index contributed by atoms with van der Waals surface area (Å²) in [4.78, 5) is 42.0. The van der Waals surface area contributed by atoms with Crippen LogP contribution in [0, 0.1) is 5.92 Å². The van der Waals surface area contributed by atoms with Gasteiger partial charge in [0.25, 0.3) is 0 Å². The predicted octanol–water partition coefficient (Wildman–Crippen LogP) is -5.72. The third-order valence-electron chi connectivity index (χ3n) is 1.42. The van der Waals surface area contributed by atoms with Crippen LogP contribution in [0.1, 0.15) is 21.2 Å². The van der Waals surface area contributed by atoms with E-state index in [1.165, 1.54) is 0 Å². The Hall–Kier alpha value is -1.04. The van der Waals surface area contributed by atoms with Crippen molar-refractivity contribution in [2.75, 3.05) is 0 Å². The molecule has 0 saturated carbocycles. The summed E-state index contributed by atoms with van der Waals surface area (Å²) in [7, 11) is 0. The van der Waals surface area contributed by atoms with E-state index in [1.54, 1.807) is 0 Å². The molecule has 0 aromatic rings. The molecule has 0 heterocycles. The summed E-state index contributed by atoms with van der Waals surface area (Å²) < 4.78 is 4.11. The van der Waals surface area contributed by atoms with Gasteiger partial charge in [0.15, 0.2) is 0 Å². The van der Waals surface area contributed by atoms with Gasteiger partial charge < -0.3 is 32.8 Å². The summed E-state index contributed by atoms with van der Waals surface area (Å²) in [6, 6.07) is 0. The van der Waals surface area contributed by atoms with Crippen molar-refractivity contribution < 1.29 is 81.5 Å². The van der Waals surface area contributed by atoms with Crippen LogP contribution in [0.4, 0.5) is 0 Å². The average molecular weight is 296 g/mol. The number of rotatable bonds is 5. The average Bonchev–Trinajstić information content (AvgIpc) is 1.99. The van der Waals surface area contributed by atoms with Gasteiger partial charge in [-0.25, -0.2) is 0 Å². The SMILES string of the molecule is CC(=O)OC(=O)C(CC(=O)O)CC(=O)O.O.O.O.[H-].[Na+]. The molecule has 0 rings (SSSR count). The summed E-state index contributed by atoms with van der Waals surface area (Å²) in [5.41, 5.74) is 0. The third-order valence-corrected chi connectivity index (χ3v) is 1.42. The second kappa shape index (κ2) is 15.0. The van der Waals surface area contributed by atoms with Gasteiger partial charge in [0, 0.05) is 6.92 Å². The third kappa shape index (κ3) is 17.0. The van der Waals surface area contributed by atoms with Gasteiger partial charge in [0.1, 0.15) is 0 Å². The first-order valence-electron chi connectivity index (χ1n) is 3.98. The van der Waals surface area contributed by atoms with E-state index in [0.717, 1.165) is 6.92 Å². The minimum absolute atomic E-state index is 0. The summed E-state index contributed by atoms with van der Waals surface area (Å²) >= 11 is 0. The molecule has 110 valence electrons. The molecule has 0 aromatic heterocycles. The molecule has 0 atom stereocenters. The van der Waals surface area contributed by atoms with E-state index < -0.39 is 42.6 Å². The Morgan fingerprint density at radius 3 is 1.53 bits per heavy atom. The van der Waals surface area contributed by atoms with Crippen LogP contribution in [0.3, 0.4) is 0 Å². The molecule has 0 aliphatic heterocycles. The van der Waals surface area contributed by atoms with Crippen molar-refractivity contribution in [1.29, 1.82) is 0 Å². The number of esters is 2. The summed E-state index contributed by atoms with van der Waals surface area (Å²) in [6.07, 6.45) is -1.36. The normalized spacial score (nSPS) is 7.68. The van der Waals surface area contributed by atoms with Crippen molar-refractivity contribution in [2.45, 2.75) is 19.8 Å². The number of carboxylic acid groups (broad SMARTS) is 2. The quantitative estimate of drug-likeness (QED) is 0.284. The molecule has 0 amide bonds. The van der Waals surface area contributed by atoms with Crippen LogP contribution in [-0.2, 0) is 23.9 Å². The fourth-order valence-corrected chi connectivity index (χ4v) is 0.885. The topological polar surface area (TPSA) is 212 Å². The van der Waals surface area contributed by atoms with Crippen LogP contribution in [0.15, 0.2) is 0 Å². The second-order valence-electron chi connectivity index (χ2n) is 2.81. The first-order chi connectivity index (χ1) is 6.82. The van der Waals surface area contributed by atoms with Gasteiger partial charge in [0.2, 0.25) is 0 Å². The Morgan fingerprint density at radius 1 is 1.00 bits per heavy atom.